The van der Waals surface area contributed by atoms with Crippen LogP contribution in [-0.4, -0.2) is 41.5 Å². The third kappa shape index (κ3) is 4.58. The molecule has 7 nitrogen and oxygen atoms in total. The molecule has 28 heavy (non-hydrogen) atoms. The fourth-order valence-corrected chi connectivity index (χ4v) is 2.60. The smallest absolute Gasteiger partial charge is 0.354 e. The number of nitrogen functional groups attached to an aromatic ring is 1. The summed E-state index contributed by atoms with van der Waals surface area (Å²) in [6.07, 6.45) is -1.51. The van der Waals surface area contributed by atoms with E-state index in [0.717, 1.165) is 6.07 Å². The summed E-state index contributed by atoms with van der Waals surface area (Å²) in [5.41, 5.74) is 9.07. The lowest BCUT2D eigenvalue weighted by Crippen LogP contribution is -2.45. The van der Waals surface area contributed by atoms with Crippen molar-refractivity contribution in [3.63, 3.8) is 0 Å². The fourth-order valence-electron chi connectivity index (χ4n) is 2.60. The first-order valence-corrected chi connectivity index (χ1v) is 8.08. The van der Waals surface area contributed by atoms with Gasteiger partial charge in [0.05, 0.1) is 6.61 Å². The number of nitrogens with two attached hydrogens (primary N) is 2. The number of aliphatic imine (C=N–C) groups is 1. The summed E-state index contributed by atoms with van der Waals surface area (Å²) in [5.74, 6) is -1.85. The molecule has 0 bridgehead atoms. The molecule has 0 spiro atoms. The molecule has 0 aliphatic carbocycles. The average Bonchev–Trinajstić information content (AvgIpc) is 2.65. The second kappa shape index (κ2) is 8.70. The van der Waals surface area contributed by atoms with Gasteiger partial charge in [0.1, 0.15) is 24.0 Å². The number of carboxylic acid groups (broad SMARTS) is 1. The van der Waals surface area contributed by atoms with Gasteiger partial charge in [-0.3, -0.25) is 4.99 Å². The predicted molar refractivity (Wildman–Crippen MR) is 96.9 cm³/mol. The summed E-state index contributed by atoms with van der Waals surface area (Å²) in [5, 5.41) is 8.32. The van der Waals surface area contributed by atoms with Crippen LogP contribution in [-0.2, 0) is 10.3 Å². The number of anilines is 1. The predicted octanol–water partition coefficient (Wildman–Crippen LogP) is 2.34. The van der Waals surface area contributed by atoms with E-state index in [4.69, 9.17) is 21.3 Å². The van der Waals surface area contributed by atoms with Crippen molar-refractivity contribution in [1.82, 2.24) is 4.98 Å². The highest BCUT2D eigenvalue weighted by Crippen LogP contribution is 2.38. The van der Waals surface area contributed by atoms with Gasteiger partial charge in [0.25, 0.3) is 6.43 Å². The van der Waals surface area contributed by atoms with Crippen LogP contribution in [0.15, 0.2) is 41.5 Å². The molecule has 3 rings (SSSR count). The average molecular weight is 396 g/mol. The number of nitrogens with zero attached hydrogens (tertiary/aromatic N) is 2. The molecule has 0 radical (unpaired) electrons. The van der Waals surface area contributed by atoms with E-state index >= 15 is 0 Å². The normalized spacial score (nSPS) is 18.8. The molecule has 2 heterocycles. The first-order valence-electron chi connectivity index (χ1n) is 8.08. The molecular formula is C18H19F3N4O3. The number of aromatic nitrogens is 1. The van der Waals surface area contributed by atoms with Crippen molar-refractivity contribution >= 4 is 17.5 Å². The van der Waals surface area contributed by atoms with E-state index in [0.29, 0.717) is 0 Å². The van der Waals surface area contributed by atoms with Crippen LogP contribution in [0.1, 0.15) is 21.6 Å². The Morgan fingerprint density at radius 1 is 1.32 bits per heavy atom. The Bertz CT molecular complexity index is 878. The van der Waals surface area contributed by atoms with E-state index in [1.54, 1.807) is 12.1 Å². The summed E-state index contributed by atoms with van der Waals surface area (Å²) < 4.78 is 46.0. The van der Waals surface area contributed by atoms with Crippen LogP contribution in [0.3, 0.4) is 0 Å². The molecule has 1 aliphatic heterocycles. The van der Waals surface area contributed by atoms with Gasteiger partial charge < -0.3 is 21.3 Å². The van der Waals surface area contributed by atoms with Crippen molar-refractivity contribution < 1.29 is 27.8 Å². The highest BCUT2D eigenvalue weighted by atomic mass is 19.3. The van der Waals surface area contributed by atoms with Gasteiger partial charge in [0.2, 0.25) is 0 Å². The zero-order valence-electron chi connectivity index (χ0n) is 14.9. The number of halogens is 3. The van der Waals surface area contributed by atoms with Crippen molar-refractivity contribution in [2.45, 2.75) is 18.9 Å². The van der Waals surface area contributed by atoms with E-state index in [1.807, 2.05) is 0 Å². The summed E-state index contributed by atoms with van der Waals surface area (Å²) in [7, 11) is 0. The first-order chi connectivity index (χ1) is 13.2. The lowest BCUT2D eigenvalue weighted by Gasteiger charge is -2.33. The molecule has 0 unspecified atom stereocenters. The number of ether oxygens (including phenoxy) is 1. The van der Waals surface area contributed by atoms with Crippen LogP contribution >= 0.6 is 0 Å². The number of pyridine rings is 1. The zero-order valence-corrected chi connectivity index (χ0v) is 14.9. The molecule has 10 heteroatoms. The second-order valence-electron chi connectivity index (χ2n) is 6.04. The number of benzene rings is 1. The van der Waals surface area contributed by atoms with Crippen LogP contribution in [0.25, 0.3) is 0 Å². The Kier molecular flexibility index (Phi) is 6.57. The van der Waals surface area contributed by atoms with Crippen LogP contribution in [0, 0.1) is 12.7 Å². The van der Waals surface area contributed by atoms with Gasteiger partial charge in [-0.2, -0.15) is 0 Å². The maximum absolute atomic E-state index is 14.1. The Labute approximate surface area is 158 Å². The number of carboxylic acids is 1. The van der Waals surface area contributed by atoms with Gasteiger partial charge in [-0.25, -0.2) is 22.9 Å². The molecule has 0 saturated carbocycles. The molecule has 0 fully saturated rings. The first kappa shape index (κ1) is 21.2. The van der Waals surface area contributed by atoms with Crippen LogP contribution in [0.4, 0.5) is 18.9 Å². The quantitative estimate of drug-likeness (QED) is 0.684. The minimum absolute atomic E-state index is 0.0443. The van der Waals surface area contributed by atoms with E-state index in [2.05, 4.69) is 9.98 Å². The van der Waals surface area contributed by atoms with Gasteiger partial charge in [-0.15, -0.1) is 0 Å². The number of rotatable bonds is 3. The van der Waals surface area contributed by atoms with E-state index in [1.165, 1.54) is 25.3 Å². The van der Waals surface area contributed by atoms with E-state index < -0.39 is 30.4 Å². The molecular weight excluding hydrogens is 377 g/mol. The molecule has 1 atom stereocenters. The summed E-state index contributed by atoms with van der Waals surface area (Å²) in [6, 6.07) is 7.28. The number of hydrogen-bond acceptors (Lipinski definition) is 6. The molecule has 1 aliphatic rings. The SMILES string of the molecule is Cc1cc(N)cc([C@]2(C(F)F)COCC(N)=N2)c1F.O=C(O)c1ccccn1. The molecule has 2 aromatic rings. The maximum atomic E-state index is 14.1. The Morgan fingerprint density at radius 2 is 2.04 bits per heavy atom. The molecule has 150 valence electrons. The fraction of sp³-hybridized carbons (Fsp3) is 0.278. The van der Waals surface area contributed by atoms with Gasteiger partial charge >= 0.3 is 5.97 Å². The number of amidine groups is 1. The second-order valence-corrected chi connectivity index (χ2v) is 6.04. The van der Waals surface area contributed by atoms with Gasteiger partial charge in [-0.05, 0) is 36.8 Å². The standard InChI is InChI=1S/C12H14F3N3O.C6H5NO2/c1-6-2-7(16)3-8(10(6)13)12(11(14)15)5-19-4-9(17)18-12;8-6(9)5-3-1-2-4-7-5/h2-3,11H,4-5,16H2,1H3,(H2,17,18);1-4H,(H,8,9)/t12-;/m0./s1. The molecule has 0 amide bonds. The van der Waals surface area contributed by atoms with Gasteiger partial charge in [0.15, 0.2) is 5.54 Å². The van der Waals surface area contributed by atoms with Crippen LogP contribution in [0.2, 0.25) is 0 Å². The zero-order chi connectivity index (χ0) is 20.9. The highest BCUT2D eigenvalue weighted by molar-refractivity contribution is 5.85. The third-order valence-corrected chi connectivity index (χ3v) is 3.90. The largest absolute Gasteiger partial charge is 0.477 e. The number of aryl methyl sites for hydroxylation is 1. The number of carbonyl (C=O) groups is 1. The van der Waals surface area contributed by atoms with Crippen LogP contribution in [0.5, 0.6) is 0 Å². The van der Waals surface area contributed by atoms with Crippen molar-refractivity contribution in [2.75, 3.05) is 18.9 Å². The summed E-state index contributed by atoms with van der Waals surface area (Å²) in [4.78, 5) is 17.5. The molecule has 0 saturated heterocycles. The topological polar surface area (TPSA) is 124 Å². The minimum atomic E-state index is -2.96. The summed E-state index contributed by atoms with van der Waals surface area (Å²) in [6.45, 7) is 0.966. The minimum Gasteiger partial charge on any atom is -0.477 e. The molecule has 1 aromatic carbocycles. The molecule has 1 aromatic heterocycles. The number of alkyl halides is 2. The van der Waals surface area contributed by atoms with E-state index in [9.17, 15) is 18.0 Å². The van der Waals surface area contributed by atoms with Crippen molar-refractivity contribution in [2.24, 2.45) is 10.7 Å². The maximum Gasteiger partial charge on any atom is 0.354 e. The Hall–Kier alpha value is -3.14. The lowest BCUT2D eigenvalue weighted by molar-refractivity contribution is -0.0146. The molecule has 5 N–H and O–H groups in total. The van der Waals surface area contributed by atoms with Crippen molar-refractivity contribution in [3.8, 4) is 0 Å². The Morgan fingerprint density at radius 3 is 2.54 bits per heavy atom. The number of aromatic carboxylic acids is 1. The third-order valence-electron chi connectivity index (χ3n) is 3.90. The highest BCUT2D eigenvalue weighted by Gasteiger charge is 2.46. The lowest BCUT2D eigenvalue weighted by atomic mass is 9.88. The van der Waals surface area contributed by atoms with E-state index in [-0.39, 0.29) is 35.0 Å². The van der Waals surface area contributed by atoms with Gasteiger partial charge in [0, 0.05) is 17.4 Å². The summed E-state index contributed by atoms with van der Waals surface area (Å²) >= 11 is 0. The van der Waals surface area contributed by atoms with Crippen molar-refractivity contribution in [1.29, 1.82) is 0 Å². The van der Waals surface area contributed by atoms with Gasteiger partial charge in [-0.1, -0.05) is 6.07 Å². The number of hydrogen-bond donors (Lipinski definition) is 3. The Balaban J connectivity index is 0.000000261. The van der Waals surface area contributed by atoms with Crippen LogP contribution < -0.4 is 11.5 Å². The monoisotopic (exact) mass is 396 g/mol. The van der Waals surface area contributed by atoms with Crippen molar-refractivity contribution in [3.05, 3.63) is 59.2 Å².